The van der Waals surface area contributed by atoms with Crippen molar-refractivity contribution in [2.75, 3.05) is 6.61 Å². The highest BCUT2D eigenvalue weighted by Gasteiger charge is 2.42. The van der Waals surface area contributed by atoms with E-state index in [0.29, 0.717) is 11.8 Å². The number of aliphatic hydroxyl groups excluding tert-OH is 1. The topological polar surface area (TPSA) is 114 Å². The fourth-order valence-electron chi connectivity index (χ4n) is 5.15. The summed E-state index contributed by atoms with van der Waals surface area (Å²) in [6.07, 6.45) is -1.03. The number of nitrogens with zero attached hydrogens (tertiary/aromatic N) is 1. The van der Waals surface area contributed by atoms with Crippen molar-refractivity contribution in [1.82, 2.24) is 9.88 Å². The van der Waals surface area contributed by atoms with Crippen molar-refractivity contribution < 1.29 is 27.9 Å². The molecule has 4 atom stereocenters. The Balaban J connectivity index is 1.90. The van der Waals surface area contributed by atoms with Crippen LogP contribution in [0.25, 0.3) is 0 Å². The highest BCUT2D eigenvalue weighted by Crippen LogP contribution is 2.49. The summed E-state index contributed by atoms with van der Waals surface area (Å²) < 4.78 is 41.4. The van der Waals surface area contributed by atoms with Gasteiger partial charge in [0.1, 0.15) is 17.8 Å². The molecule has 0 saturated heterocycles. The summed E-state index contributed by atoms with van der Waals surface area (Å²) in [5, 5.41) is 11.9. The van der Waals surface area contributed by atoms with Gasteiger partial charge in [0.05, 0.1) is 0 Å². The van der Waals surface area contributed by atoms with Gasteiger partial charge in [0, 0.05) is 12.6 Å². The lowest BCUT2D eigenvalue weighted by Crippen LogP contribution is -2.44. The zero-order valence-corrected chi connectivity index (χ0v) is 16.7. The molecule has 7 nitrogen and oxygen atoms in total. The van der Waals surface area contributed by atoms with Crippen molar-refractivity contribution >= 4 is 11.8 Å². The molecule has 2 amide bonds. The fourth-order valence-corrected chi connectivity index (χ4v) is 5.15. The standard InChI is InChI=1S/C20H26F3N3O4/c1-10(14-7-11-2-3-12(14)6-11)25-16(28)9-26-17(20(21,22)23)13(4-5-27)8-15(18(24)29)19(26)30/h8,10-12,14,27H,2-7,9H2,1H3,(H2,24,29)(H,25,28)/t10-,11-,12-,14-/m0/s1. The lowest BCUT2D eigenvalue weighted by atomic mass is 9.84. The van der Waals surface area contributed by atoms with E-state index >= 15 is 0 Å². The summed E-state index contributed by atoms with van der Waals surface area (Å²) >= 11 is 0. The lowest BCUT2D eigenvalue weighted by molar-refractivity contribution is -0.145. The third-order valence-corrected chi connectivity index (χ3v) is 6.41. The number of nitrogens with two attached hydrogens (primary N) is 1. The molecule has 30 heavy (non-hydrogen) atoms. The number of aliphatic hydroxyl groups is 1. The molecule has 0 aliphatic heterocycles. The Morgan fingerprint density at radius 1 is 1.33 bits per heavy atom. The minimum absolute atomic E-state index is 0.228. The van der Waals surface area contributed by atoms with Gasteiger partial charge < -0.3 is 16.2 Å². The first-order valence-electron chi connectivity index (χ1n) is 10.1. The number of aromatic nitrogens is 1. The van der Waals surface area contributed by atoms with Gasteiger partial charge in [0.25, 0.3) is 11.5 Å². The largest absolute Gasteiger partial charge is 0.431 e. The number of rotatable bonds is 7. The van der Waals surface area contributed by atoms with Crippen molar-refractivity contribution in [3.8, 4) is 0 Å². The molecule has 1 heterocycles. The van der Waals surface area contributed by atoms with E-state index in [2.05, 4.69) is 5.32 Å². The Hall–Kier alpha value is -2.36. The minimum Gasteiger partial charge on any atom is -0.396 e. The smallest absolute Gasteiger partial charge is 0.396 e. The molecule has 4 N–H and O–H groups in total. The number of carbonyl (C=O) groups excluding carboxylic acids is 2. The molecule has 2 aliphatic rings. The summed E-state index contributed by atoms with van der Waals surface area (Å²) in [6, 6.07) is 0.518. The summed E-state index contributed by atoms with van der Waals surface area (Å²) in [6.45, 7) is 0.305. The Bertz CT molecular complexity index is 897. The maximum Gasteiger partial charge on any atom is 0.431 e. The van der Waals surface area contributed by atoms with E-state index in [9.17, 15) is 27.6 Å². The van der Waals surface area contributed by atoms with Crippen LogP contribution in [0.3, 0.4) is 0 Å². The second-order valence-corrected chi connectivity index (χ2v) is 8.35. The van der Waals surface area contributed by atoms with Crippen LogP contribution < -0.4 is 16.6 Å². The second-order valence-electron chi connectivity index (χ2n) is 8.35. The predicted molar refractivity (Wildman–Crippen MR) is 102 cm³/mol. The van der Waals surface area contributed by atoms with Crippen LogP contribution in [0, 0.1) is 17.8 Å². The van der Waals surface area contributed by atoms with Crippen molar-refractivity contribution in [2.24, 2.45) is 23.5 Å². The molecule has 2 fully saturated rings. The second kappa shape index (κ2) is 8.41. The van der Waals surface area contributed by atoms with Gasteiger partial charge in [-0.3, -0.25) is 19.0 Å². The van der Waals surface area contributed by atoms with Gasteiger partial charge in [0.15, 0.2) is 0 Å². The third kappa shape index (κ3) is 4.38. The highest BCUT2D eigenvalue weighted by molar-refractivity contribution is 5.92. The minimum atomic E-state index is -4.96. The molecule has 10 heteroatoms. The lowest BCUT2D eigenvalue weighted by Gasteiger charge is -2.29. The Morgan fingerprint density at radius 2 is 2.03 bits per heavy atom. The highest BCUT2D eigenvalue weighted by atomic mass is 19.4. The van der Waals surface area contributed by atoms with Crippen molar-refractivity contribution in [3.63, 3.8) is 0 Å². The average molecular weight is 429 g/mol. The van der Waals surface area contributed by atoms with Crippen LogP contribution in [0.2, 0.25) is 0 Å². The van der Waals surface area contributed by atoms with Gasteiger partial charge in [-0.25, -0.2) is 0 Å². The molecule has 2 aliphatic carbocycles. The molecular weight excluding hydrogens is 403 g/mol. The number of alkyl halides is 3. The molecule has 1 aromatic rings. The van der Waals surface area contributed by atoms with Crippen LogP contribution in [0.4, 0.5) is 13.2 Å². The molecule has 0 unspecified atom stereocenters. The quantitative estimate of drug-likeness (QED) is 0.609. The maximum atomic E-state index is 13.7. The first-order chi connectivity index (χ1) is 14.0. The van der Waals surface area contributed by atoms with E-state index in [1.54, 1.807) is 0 Å². The van der Waals surface area contributed by atoms with E-state index in [1.807, 2.05) is 6.92 Å². The van der Waals surface area contributed by atoms with Crippen LogP contribution in [0.15, 0.2) is 10.9 Å². The number of nitrogens with one attached hydrogen (secondary N) is 1. The van der Waals surface area contributed by atoms with Gasteiger partial charge in [-0.1, -0.05) is 6.42 Å². The summed E-state index contributed by atoms with van der Waals surface area (Å²) in [7, 11) is 0. The molecule has 3 rings (SSSR count). The first kappa shape index (κ1) is 22.3. The van der Waals surface area contributed by atoms with Crippen LogP contribution in [-0.2, 0) is 23.9 Å². The number of primary amides is 1. The Morgan fingerprint density at radius 3 is 2.53 bits per heavy atom. The van der Waals surface area contributed by atoms with Gasteiger partial charge in [-0.2, -0.15) is 13.2 Å². The number of pyridine rings is 1. The van der Waals surface area contributed by atoms with E-state index in [0.717, 1.165) is 25.3 Å². The Labute approximate surface area is 171 Å². The van der Waals surface area contributed by atoms with E-state index in [4.69, 9.17) is 10.8 Å². The Kier molecular flexibility index (Phi) is 6.26. The number of fused-ring (bicyclic) bond motifs is 2. The average Bonchev–Trinajstić information content (AvgIpc) is 3.26. The summed E-state index contributed by atoms with van der Waals surface area (Å²) in [5.74, 6) is -0.513. The zero-order chi connectivity index (χ0) is 22.2. The van der Waals surface area contributed by atoms with Crippen LogP contribution in [0.5, 0.6) is 0 Å². The first-order valence-corrected chi connectivity index (χ1v) is 10.1. The number of halogens is 3. The fraction of sp³-hybridized carbons (Fsp3) is 0.650. The molecular formula is C20H26F3N3O4. The summed E-state index contributed by atoms with van der Waals surface area (Å²) in [4.78, 5) is 36.7. The van der Waals surface area contributed by atoms with Crippen molar-refractivity contribution in [3.05, 3.63) is 33.2 Å². The monoisotopic (exact) mass is 429 g/mol. The molecule has 166 valence electrons. The zero-order valence-electron chi connectivity index (χ0n) is 16.7. The van der Waals surface area contributed by atoms with Crippen molar-refractivity contribution in [2.45, 2.75) is 57.8 Å². The van der Waals surface area contributed by atoms with E-state index in [1.165, 1.54) is 6.42 Å². The number of hydrogen-bond donors (Lipinski definition) is 3. The van der Waals surface area contributed by atoms with Crippen LogP contribution in [-0.4, -0.2) is 34.1 Å². The number of amides is 2. The molecule has 0 radical (unpaired) electrons. The molecule has 2 bridgehead atoms. The van der Waals surface area contributed by atoms with Gasteiger partial charge in [-0.15, -0.1) is 0 Å². The molecule has 0 spiro atoms. The third-order valence-electron chi connectivity index (χ3n) is 6.41. The SMILES string of the molecule is C[C@H](NC(=O)Cn1c(C(F)(F)F)c(CCO)cc(C(N)=O)c1=O)[C@@H]1C[C@H]2CC[C@H]1C2. The molecule has 2 saturated carbocycles. The van der Waals surface area contributed by atoms with Crippen molar-refractivity contribution in [1.29, 1.82) is 0 Å². The molecule has 1 aromatic heterocycles. The predicted octanol–water partition coefficient (Wildman–Crippen LogP) is 1.44. The normalized spacial score (nSPS) is 24.1. The van der Waals surface area contributed by atoms with Crippen LogP contribution in [0.1, 0.15) is 54.2 Å². The van der Waals surface area contributed by atoms with Crippen LogP contribution >= 0.6 is 0 Å². The van der Waals surface area contributed by atoms with E-state index < -0.39 is 59.9 Å². The van der Waals surface area contributed by atoms with Gasteiger partial charge >= 0.3 is 6.18 Å². The van der Waals surface area contributed by atoms with Gasteiger partial charge in [0.2, 0.25) is 5.91 Å². The molecule has 0 aromatic carbocycles. The maximum absolute atomic E-state index is 13.7. The summed E-state index contributed by atoms with van der Waals surface area (Å²) in [5.41, 5.74) is 1.39. The van der Waals surface area contributed by atoms with E-state index in [-0.39, 0.29) is 16.5 Å². The van der Waals surface area contributed by atoms with Gasteiger partial charge in [-0.05, 0) is 62.0 Å². The number of hydrogen-bond acceptors (Lipinski definition) is 4. The number of carbonyl (C=O) groups is 2.